The molecule has 56 valence electrons. The summed E-state index contributed by atoms with van der Waals surface area (Å²) >= 11 is 0. The van der Waals surface area contributed by atoms with Crippen molar-refractivity contribution >= 4 is 6.21 Å². The Balaban J connectivity index is 2.03. The van der Waals surface area contributed by atoms with Crippen LogP contribution in [0.15, 0.2) is 0 Å². The van der Waals surface area contributed by atoms with E-state index in [1.807, 2.05) is 0 Å². The van der Waals surface area contributed by atoms with Crippen LogP contribution in [0.1, 0.15) is 12.8 Å². The van der Waals surface area contributed by atoms with E-state index in [0.29, 0.717) is 0 Å². The van der Waals surface area contributed by atoms with Gasteiger partial charge in [-0.25, -0.2) is 0 Å². The molecule has 0 atom stereocenters. The van der Waals surface area contributed by atoms with Crippen LogP contribution in [0, 0.1) is 6.29 Å². The second-order valence-electron chi connectivity index (χ2n) is 2.75. The summed E-state index contributed by atoms with van der Waals surface area (Å²) in [5, 5.41) is 3.32. The van der Waals surface area contributed by atoms with Gasteiger partial charge < -0.3 is 10.3 Å². The molecule has 0 unspecified atom stereocenters. The van der Waals surface area contributed by atoms with Crippen LogP contribution in [-0.4, -0.2) is 30.7 Å². The minimum absolute atomic E-state index is 1.12. The summed E-state index contributed by atoms with van der Waals surface area (Å²) in [6, 6.07) is 0. The van der Waals surface area contributed by atoms with Gasteiger partial charge in [-0.1, -0.05) is 0 Å². The van der Waals surface area contributed by atoms with Crippen LogP contribution in [0.2, 0.25) is 0 Å². The van der Waals surface area contributed by atoms with Crippen molar-refractivity contribution in [3.05, 3.63) is 6.29 Å². The predicted molar refractivity (Wildman–Crippen MR) is 39.1 cm³/mol. The Morgan fingerprint density at radius 3 is 3.40 bits per heavy atom. The summed E-state index contributed by atoms with van der Waals surface area (Å²) in [5.74, 6) is 0. The summed E-state index contributed by atoms with van der Waals surface area (Å²) in [4.78, 5) is 5.59. The number of fused-ring (bicyclic) bond motifs is 1. The highest BCUT2D eigenvalue weighted by atomic mass is 15.4. The lowest BCUT2D eigenvalue weighted by molar-refractivity contribution is -0.482. The molecule has 2 heterocycles. The molecule has 0 aromatic heterocycles. The van der Waals surface area contributed by atoms with E-state index in [9.17, 15) is 0 Å². The molecule has 0 aromatic rings. The smallest absolute Gasteiger partial charge is 0.158 e. The van der Waals surface area contributed by atoms with E-state index in [2.05, 4.69) is 21.4 Å². The van der Waals surface area contributed by atoms with Crippen LogP contribution in [0.4, 0.5) is 0 Å². The molecule has 3 heteroatoms. The predicted octanol–water partition coefficient (Wildman–Crippen LogP) is -1.72. The second kappa shape index (κ2) is 2.60. The van der Waals surface area contributed by atoms with Crippen molar-refractivity contribution in [3.8, 4) is 0 Å². The van der Waals surface area contributed by atoms with E-state index >= 15 is 0 Å². The molecule has 0 spiro atoms. The van der Waals surface area contributed by atoms with Gasteiger partial charge in [0.15, 0.2) is 6.29 Å². The van der Waals surface area contributed by atoms with Gasteiger partial charge in [-0.2, -0.15) is 0 Å². The molecular weight excluding hydrogens is 126 g/mol. The lowest BCUT2D eigenvalue weighted by Crippen LogP contribution is -2.83. The van der Waals surface area contributed by atoms with Crippen LogP contribution in [0.5, 0.6) is 0 Å². The quantitative estimate of drug-likeness (QED) is 0.391. The summed E-state index contributed by atoms with van der Waals surface area (Å²) < 4.78 is 0. The van der Waals surface area contributed by atoms with Crippen molar-refractivity contribution in [2.75, 3.05) is 19.6 Å². The van der Waals surface area contributed by atoms with E-state index in [-0.39, 0.29) is 0 Å². The number of rotatable bonds is 0. The highest BCUT2D eigenvalue weighted by molar-refractivity contribution is 5.51. The van der Waals surface area contributed by atoms with Crippen molar-refractivity contribution in [1.29, 1.82) is 0 Å². The van der Waals surface area contributed by atoms with Crippen molar-refractivity contribution in [1.82, 2.24) is 10.2 Å². The summed E-state index contributed by atoms with van der Waals surface area (Å²) in [6.45, 7) is 3.51. The number of nitrogens with zero attached hydrogens (tertiary/aromatic N) is 1. The minimum atomic E-state index is 1.12. The zero-order valence-corrected chi connectivity index (χ0v) is 6.06. The van der Waals surface area contributed by atoms with Gasteiger partial charge in [0.25, 0.3) is 0 Å². The fourth-order valence-electron chi connectivity index (χ4n) is 1.46. The average molecular weight is 139 g/mol. The Morgan fingerprint density at radius 2 is 2.50 bits per heavy atom. The van der Waals surface area contributed by atoms with Gasteiger partial charge in [-0.15, -0.1) is 0 Å². The molecule has 2 N–H and O–H groups in total. The van der Waals surface area contributed by atoms with Crippen molar-refractivity contribution in [3.63, 3.8) is 0 Å². The van der Waals surface area contributed by atoms with E-state index in [0.717, 1.165) is 13.0 Å². The molecule has 0 bridgehead atoms. The molecule has 2 aliphatic rings. The monoisotopic (exact) mass is 139 g/mol. The summed E-state index contributed by atoms with van der Waals surface area (Å²) in [5.41, 5.74) is 0. The first kappa shape index (κ1) is 6.19. The molecule has 10 heavy (non-hydrogen) atoms. The second-order valence-corrected chi connectivity index (χ2v) is 2.75. The molecule has 0 saturated carbocycles. The van der Waals surface area contributed by atoms with E-state index in [1.165, 1.54) is 25.8 Å². The molecule has 2 aliphatic heterocycles. The van der Waals surface area contributed by atoms with Crippen LogP contribution in [0.3, 0.4) is 0 Å². The van der Waals surface area contributed by atoms with Gasteiger partial charge in [0.1, 0.15) is 0 Å². The molecule has 3 nitrogen and oxygen atoms in total. The van der Waals surface area contributed by atoms with Crippen LogP contribution in [0.25, 0.3) is 0 Å². The maximum absolute atomic E-state index is 3.32. The molecule has 0 aliphatic carbocycles. The maximum Gasteiger partial charge on any atom is 0.158 e. The minimum Gasteiger partial charge on any atom is -0.353 e. The molecule has 2 rings (SSSR count). The highest BCUT2D eigenvalue weighted by Crippen LogP contribution is 2.05. The lowest BCUT2D eigenvalue weighted by Gasteiger charge is -2.37. The molecular formula is C7H13N3. The number of hydrogen-bond donors (Lipinski definition) is 2. The fourth-order valence-corrected chi connectivity index (χ4v) is 1.46. The summed E-state index contributed by atoms with van der Waals surface area (Å²) in [6.07, 6.45) is 5.75. The Labute approximate surface area is 61.1 Å². The zero-order valence-electron chi connectivity index (χ0n) is 6.06. The first-order valence-corrected chi connectivity index (χ1v) is 3.91. The van der Waals surface area contributed by atoms with E-state index in [4.69, 9.17) is 0 Å². The highest BCUT2D eigenvalue weighted by Gasteiger charge is 2.19. The fraction of sp³-hybridized carbons (Fsp3) is 0.714. The molecule has 0 amide bonds. The van der Waals surface area contributed by atoms with Gasteiger partial charge >= 0.3 is 0 Å². The van der Waals surface area contributed by atoms with E-state index < -0.39 is 0 Å². The van der Waals surface area contributed by atoms with Gasteiger partial charge in [-0.05, 0) is 32.5 Å². The first-order chi connectivity index (χ1) is 4.97. The zero-order chi connectivity index (χ0) is 6.81. The van der Waals surface area contributed by atoms with Crippen LogP contribution in [-0.2, 0) is 0 Å². The first-order valence-electron chi connectivity index (χ1n) is 3.91. The van der Waals surface area contributed by atoms with Crippen molar-refractivity contribution < 1.29 is 4.99 Å². The van der Waals surface area contributed by atoms with Gasteiger partial charge in [0, 0.05) is 6.21 Å². The Bertz CT molecular complexity index is 144. The number of nitrogens with one attached hydrogen (secondary N) is 2. The lowest BCUT2D eigenvalue weighted by atomic mass is 10.2. The van der Waals surface area contributed by atoms with Gasteiger partial charge in [0.2, 0.25) is 0 Å². The Hall–Kier alpha value is -0.540. The molecule has 0 aromatic carbocycles. The van der Waals surface area contributed by atoms with Crippen LogP contribution >= 0.6 is 0 Å². The third-order valence-corrected chi connectivity index (χ3v) is 2.00. The average Bonchev–Trinajstić information content (AvgIpc) is 2.05. The number of hydrogen-bond acceptors (Lipinski definition) is 2. The standard InChI is InChI=1S/C7H13N3/c1-3-8-7-9-4-2-6-10(7)5-1/h3,8-9H,1-2,4-6H2. The molecule has 1 fully saturated rings. The van der Waals surface area contributed by atoms with Crippen LogP contribution < -0.4 is 10.3 Å². The molecule has 1 saturated heterocycles. The van der Waals surface area contributed by atoms with Gasteiger partial charge in [0.05, 0.1) is 0 Å². The SMILES string of the molecule is C1=[NH+][C-]2NCCCN2CC1. The normalized spacial score (nSPS) is 26.6. The molecule has 0 radical (unpaired) electrons. The third kappa shape index (κ3) is 1.02. The van der Waals surface area contributed by atoms with Gasteiger partial charge in [-0.3, -0.25) is 4.90 Å². The Kier molecular flexibility index (Phi) is 1.61. The van der Waals surface area contributed by atoms with Crippen molar-refractivity contribution in [2.24, 2.45) is 0 Å². The van der Waals surface area contributed by atoms with E-state index in [1.54, 1.807) is 0 Å². The largest absolute Gasteiger partial charge is 0.353 e. The maximum atomic E-state index is 3.32. The van der Waals surface area contributed by atoms with Crippen molar-refractivity contribution in [2.45, 2.75) is 12.8 Å². The topological polar surface area (TPSA) is 29.2 Å². The third-order valence-electron chi connectivity index (χ3n) is 2.00. The summed E-state index contributed by atoms with van der Waals surface area (Å²) in [7, 11) is 0. The Morgan fingerprint density at radius 1 is 1.50 bits per heavy atom.